The molecule has 2 N–H and O–H groups in total. The van der Waals surface area contributed by atoms with Gasteiger partial charge in [0.05, 0.1) is 39.0 Å². The molecule has 2 aromatic carbocycles. The van der Waals surface area contributed by atoms with E-state index >= 15 is 0 Å². The second kappa shape index (κ2) is 10.8. The van der Waals surface area contributed by atoms with Crippen molar-refractivity contribution in [3.63, 3.8) is 0 Å². The van der Waals surface area contributed by atoms with Gasteiger partial charge >= 0.3 is 6.61 Å². The van der Waals surface area contributed by atoms with Gasteiger partial charge in [0.1, 0.15) is 11.5 Å². The summed E-state index contributed by atoms with van der Waals surface area (Å²) in [5.74, 6) is 1.02. The molecule has 162 valence electrons. The molecule has 3 rings (SSSR count). The Morgan fingerprint density at radius 2 is 1.83 bits per heavy atom. The fourth-order valence-electron chi connectivity index (χ4n) is 3.61. The molecule has 0 atom stereocenters. The summed E-state index contributed by atoms with van der Waals surface area (Å²) in [6.07, 6.45) is 0.637. The summed E-state index contributed by atoms with van der Waals surface area (Å²) in [5.41, 5.74) is 2.04. The van der Waals surface area contributed by atoms with Crippen LogP contribution in [0, 0.1) is 0 Å². The van der Waals surface area contributed by atoms with Crippen LogP contribution < -0.4 is 24.6 Å². The van der Waals surface area contributed by atoms with E-state index in [9.17, 15) is 13.6 Å². The third-order valence-corrected chi connectivity index (χ3v) is 5.19. The zero-order chi connectivity index (χ0) is 21.3. The number of alkyl halides is 2. The highest BCUT2D eigenvalue weighted by atomic mass is 19.3. The SMILES string of the molecule is COc1ccccc1N1CC[NH+](CC(=O)NCCc2ccc(OC(F)F)cc2)CC1. The van der Waals surface area contributed by atoms with Crippen molar-refractivity contribution in [3.05, 3.63) is 54.1 Å². The number of nitrogens with zero attached hydrogens (tertiary/aromatic N) is 1. The third kappa shape index (κ3) is 6.32. The minimum absolute atomic E-state index is 0.0217. The molecule has 0 radical (unpaired) electrons. The van der Waals surface area contributed by atoms with Gasteiger partial charge in [-0.2, -0.15) is 8.78 Å². The van der Waals surface area contributed by atoms with Crippen molar-refractivity contribution in [1.82, 2.24) is 5.32 Å². The number of piperazine rings is 1. The zero-order valence-corrected chi connectivity index (χ0v) is 17.1. The number of benzene rings is 2. The van der Waals surface area contributed by atoms with Crippen LogP contribution in [0.2, 0.25) is 0 Å². The molecule has 6 nitrogen and oxygen atoms in total. The molecule has 1 amide bonds. The molecule has 8 heteroatoms. The molecule has 1 fully saturated rings. The molecular formula is C22H28F2N3O3+. The van der Waals surface area contributed by atoms with Crippen LogP contribution in [0.25, 0.3) is 0 Å². The smallest absolute Gasteiger partial charge is 0.387 e. The van der Waals surface area contributed by atoms with E-state index in [-0.39, 0.29) is 11.7 Å². The molecule has 0 aliphatic carbocycles. The number of amides is 1. The van der Waals surface area contributed by atoms with Gasteiger partial charge < -0.3 is 24.6 Å². The number of hydrogen-bond donors (Lipinski definition) is 2. The molecule has 1 aliphatic heterocycles. The van der Waals surface area contributed by atoms with Crippen molar-refractivity contribution in [3.8, 4) is 11.5 Å². The molecular weight excluding hydrogens is 392 g/mol. The van der Waals surface area contributed by atoms with Gasteiger partial charge in [-0.05, 0) is 36.2 Å². The Morgan fingerprint density at radius 1 is 1.13 bits per heavy atom. The normalized spacial score (nSPS) is 14.6. The maximum atomic E-state index is 12.3. The number of hydrogen-bond acceptors (Lipinski definition) is 4. The first-order valence-electron chi connectivity index (χ1n) is 10.1. The first-order valence-corrected chi connectivity index (χ1v) is 10.1. The number of para-hydroxylation sites is 2. The number of carbonyl (C=O) groups is 1. The standard InChI is InChI=1S/C22H27F2N3O3/c1-29-20-5-3-2-4-19(20)27-14-12-26(13-15-27)16-21(28)25-11-10-17-6-8-18(9-7-17)30-22(23)24/h2-9,22H,10-16H2,1H3,(H,25,28)/p+1. The third-order valence-electron chi connectivity index (χ3n) is 5.19. The summed E-state index contributed by atoms with van der Waals surface area (Å²) in [6, 6.07) is 14.5. The van der Waals surface area contributed by atoms with Crippen molar-refractivity contribution in [2.75, 3.05) is 51.3 Å². The van der Waals surface area contributed by atoms with Crippen LogP contribution in [0.4, 0.5) is 14.5 Å². The molecule has 0 spiro atoms. The predicted molar refractivity (Wildman–Crippen MR) is 111 cm³/mol. The highest BCUT2D eigenvalue weighted by Gasteiger charge is 2.23. The van der Waals surface area contributed by atoms with Crippen LogP contribution in [0.5, 0.6) is 11.5 Å². The fourth-order valence-corrected chi connectivity index (χ4v) is 3.61. The Hall–Kier alpha value is -2.87. The Morgan fingerprint density at radius 3 is 2.50 bits per heavy atom. The monoisotopic (exact) mass is 420 g/mol. The molecule has 0 bridgehead atoms. The first-order chi connectivity index (χ1) is 14.5. The van der Waals surface area contributed by atoms with E-state index in [0.29, 0.717) is 19.5 Å². The second-order valence-electron chi connectivity index (χ2n) is 7.21. The van der Waals surface area contributed by atoms with Gasteiger partial charge in [-0.25, -0.2) is 0 Å². The Bertz CT molecular complexity index is 810. The highest BCUT2D eigenvalue weighted by molar-refractivity contribution is 5.76. The Labute approximate surface area is 175 Å². The lowest BCUT2D eigenvalue weighted by Crippen LogP contribution is -3.16. The van der Waals surface area contributed by atoms with Gasteiger partial charge in [0.2, 0.25) is 0 Å². The van der Waals surface area contributed by atoms with Crippen LogP contribution >= 0.6 is 0 Å². The summed E-state index contributed by atoms with van der Waals surface area (Å²) in [6.45, 7) is 1.64. The van der Waals surface area contributed by atoms with Crippen LogP contribution in [0.1, 0.15) is 5.56 Å². The molecule has 30 heavy (non-hydrogen) atoms. The number of carbonyl (C=O) groups excluding carboxylic acids is 1. The van der Waals surface area contributed by atoms with Crippen LogP contribution in [-0.4, -0.2) is 58.9 Å². The average Bonchev–Trinajstić information content (AvgIpc) is 2.75. The predicted octanol–water partition coefficient (Wildman–Crippen LogP) is 1.36. The topological polar surface area (TPSA) is 55.2 Å². The Kier molecular flexibility index (Phi) is 7.84. The number of ether oxygens (including phenoxy) is 2. The van der Waals surface area contributed by atoms with E-state index < -0.39 is 6.61 Å². The molecule has 0 aromatic heterocycles. The van der Waals surface area contributed by atoms with Crippen LogP contribution in [0.15, 0.2) is 48.5 Å². The number of halogens is 2. The van der Waals surface area contributed by atoms with Gasteiger partial charge in [0, 0.05) is 6.54 Å². The van der Waals surface area contributed by atoms with Gasteiger partial charge in [-0.1, -0.05) is 24.3 Å². The van der Waals surface area contributed by atoms with Crippen LogP contribution in [0.3, 0.4) is 0 Å². The van der Waals surface area contributed by atoms with E-state index in [1.807, 2.05) is 18.2 Å². The van der Waals surface area contributed by atoms with E-state index in [2.05, 4.69) is 21.0 Å². The van der Waals surface area contributed by atoms with Gasteiger partial charge in [0.25, 0.3) is 5.91 Å². The van der Waals surface area contributed by atoms with Crippen molar-refractivity contribution in [2.45, 2.75) is 13.0 Å². The van der Waals surface area contributed by atoms with Crippen LogP contribution in [-0.2, 0) is 11.2 Å². The number of methoxy groups -OCH3 is 1. The van der Waals surface area contributed by atoms with E-state index in [1.54, 1.807) is 19.2 Å². The van der Waals surface area contributed by atoms with E-state index in [4.69, 9.17) is 4.74 Å². The largest absolute Gasteiger partial charge is 0.495 e. The van der Waals surface area contributed by atoms with Gasteiger partial charge in [-0.15, -0.1) is 0 Å². The molecule has 2 aromatic rings. The summed E-state index contributed by atoms with van der Waals surface area (Å²) in [4.78, 5) is 15.8. The minimum Gasteiger partial charge on any atom is -0.495 e. The highest BCUT2D eigenvalue weighted by Crippen LogP contribution is 2.27. The van der Waals surface area contributed by atoms with E-state index in [0.717, 1.165) is 43.2 Å². The van der Waals surface area contributed by atoms with E-state index in [1.165, 1.54) is 17.0 Å². The quantitative estimate of drug-likeness (QED) is 0.643. The minimum atomic E-state index is -2.82. The lowest BCUT2D eigenvalue weighted by molar-refractivity contribution is -0.892. The maximum absolute atomic E-state index is 12.3. The summed E-state index contributed by atoms with van der Waals surface area (Å²) in [7, 11) is 1.68. The number of anilines is 1. The first kappa shape index (κ1) is 21.8. The molecule has 1 heterocycles. The fraction of sp³-hybridized carbons (Fsp3) is 0.409. The maximum Gasteiger partial charge on any atom is 0.387 e. The number of quaternary nitrogens is 1. The molecule has 1 saturated heterocycles. The molecule has 0 saturated carbocycles. The summed E-state index contributed by atoms with van der Waals surface area (Å²) in [5, 5.41) is 2.94. The average molecular weight is 420 g/mol. The van der Waals surface area contributed by atoms with Crippen molar-refractivity contribution in [2.24, 2.45) is 0 Å². The van der Waals surface area contributed by atoms with Gasteiger partial charge in [-0.3, -0.25) is 4.79 Å². The number of rotatable bonds is 9. The zero-order valence-electron chi connectivity index (χ0n) is 17.1. The van der Waals surface area contributed by atoms with Gasteiger partial charge in [0.15, 0.2) is 6.54 Å². The summed E-state index contributed by atoms with van der Waals surface area (Å²) >= 11 is 0. The number of nitrogens with one attached hydrogen (secondary N) is 2. The summed E-state index contributed by atoms with van der Waals surface area (Å²) < 4.78 is 34.1. The molecule has 1 aliphatic rings. The molecule has 0 unspecified atom stereocenters. The lowest BCUT2D eigenvalue weighted by Gasteiger charge is -2.34. The van der Waals surface area contributed by atoms with Crippen molar-refractivity contribution < 1.29 is 27.9 Å². The lowest BCUT2D eigenvalue weighted by atomic mass is 10.1. The Balaban J connectivity index is 1.37. The van der Waals surface area contributed by atoms with Crippen molar-refractivity contribution >= 4 is 11.6 Å². The second-order valence-corrected chi connectivity index (χ2v) is 7.21. The van der Waals surface area contributed by atoms with Crippen molar-refractivity contribution in [1.29, 1.82) is 0 Å².